The van der Waals surface area contributed by atoms with Gasteiger partial charge in [-0.05, 0) is 13.3 Å². The molecule has 1 N–H and O–H groups in total. The lowest BCUT2D eigenvalue weighted by molar-refractivity contribution is 0.254. The van der Waals surface area contributed by atoms with Crippen LogP contribution in [0.1, 0.15) is 20.3 Å². The maximum atomic E-state index is 4.37. The number of nitrogens with zero attached hydrogens (tertiary/aromatic N) is 3. The highest BCUT2D eigenvalue weighted by Gasteiger charge is 2.18. The van der Waals surface area contributed by atoms with Crippen LogP contribution in [0.15, 0.2) is 11.6 Å². The second-order valence-corrected chi connectivity index (χ2v) is 5.78. The molecule has 1 unspecified atom stereocenters. The molecule has 102 valence electrons. The van der Waals surface area contributed by atoms with Gasteiger partial charge in [-0.1, -0.05) is 6.92 Å². The van der Waals surface area contributed by atoms with E-state index in [9.17, 15) is 0 Å². The van der Waals surface area contributed by atoms with Crippen LogP contribution >= 0.6 is 11.3 Å². The van der Waals surface area contributed by atoms with Gasteiger partial charge in [0, 0.05) is 56.9 Å². The topological polar surface area (TPSA) is 31.4 Å². The van der Waals surface area contributed by atoms with Gasteiger partial charge in [-0.25, -0.2) is 4.98 Å². The summed E-state index contributed by atoms with van der Waals surface area (Å²) < 4.78 is 0. The predicted octanol–water partition coefficient (Wildman–Crippen LogP) is 1.65. The van der Waals surface area contributed by atoms with Crippen LogP contribution in [0.3, 0.4) is 0 Å². The van der Waals surface area contributed by atoms with Crippen molar-refractivity contribution in [3.63, 3.8) is 0 Å². The molecule has 0 aliphatic carbocycles. The van der Waals surface area contributed by atoms with Gasteiger partial charge >= 0.3 is 0 Å². The van der Waals surface area contributed by atoms with E-state index in [2.05, 4.69) is 39.3 Å². The molecular formula is C13H24N4S. The van der Waals surface area contributed by atoms with Crippen molar-refractivity contribution in [1.29, 1.82) is 0 Å². The van der Waals surface area contributed by atoms with Crippen LogP contribution < -0.4 is 10.2 Å². The summed E-state index contributed by atoms with van der Waals surface area (Å²) in [5.41, 5.74) is 0. The second kappa shape index (κ2) is 7.07. The third-order valence-corrected chi connectivity index (χ3v) is 4.43. The molecule has 0 aromatic carbocycles. The van der Waals surface area contributed by atoms with E-state index in [1.54, 1.807) is 11.3 Å². The summed E-state index contributed by atoms with van der Waals surface area (Å²) in [6, 6.07) is 0.640. The monoisotopic (exact) mass is 268 g/mol. The minimum Gasteiger partial charge on any atom is -0.346 e. The average molecular weight is 268 g/mol. The Morgan fingerprint density at radius 2 is 2.17 bits per heavy atom. The Balaban J connectivity index is 1.64. The van der Waals surface area contributed by atoms with Gasteiger partial charge in [-0.3, -0.25) is 4.90 Å². The van der Waals surface area contributed by atoms with E-state index in [4.69, 9.17) is 0 Å². The van der Waals surface area contributed by atoms with Gasteiger partial charge in [0.1, 0.15) is 0 Å². The number of nitrogens with one attached hydrogen (secondary N) is 1. The SMILES string of the molecule is CCC(C)NCCN1CCN(c2nccs2)CC1. The van der Waals surface area contributed by atoms with Crippen LogP contribution in [0.25, 0.3) is 0 Å². The Kier molecular flexibility index (Phi) is 5.41. The summed E-state index contributed by atoms with van der Waals surface area (Å²) in [5, 5.41) is 6.78. The zero-order valence-electron chi connectivity index (χ0n) is 11.4. The van der Waals surface area contributed by atoms with Crippen LogP contribution in [0.2, 0.25) is 0 Å². The molecule has 2 heterocycles. The molecule has 1 fully saturated rings. The molecule has 1 aromatic heterocycles. The van der Waals surface area contributed by atoms with Gasteiger partial charge in [-0.2, -0.15) is 0 Å². The minimum absolute atomic E-state index is 0.640. The molecule has 0 amide bonds. The predicted molar refractivity (Wildman–Crippen MR) is 78.5 cm³/mol. The molecule has 0 radical (unpaired) electrons. The van der Waals surface area contributed by atoms with E-state index in [0.717, 1.165) is 39.3 Å². The Bertz CT molecular complexity index is 320. The number of piperazine rings is 1. The molecule has 1 aliphatic rings. The first-order chi connectivity index (χ1) is 8.79. The molecule has 1 saturated heterocycles. The van der Waals surface area contributed by atoms with Gasteiger partial charge in [0.05, 0.1) is 0 Å². The van der Waals surface area contributed by atoms with Crippen LogP contribution in [0, 0.1) is 0 Å². The Morgan fingerprint density at radius 3 is 2.78 bits per heavy atom. The van der Waals surface area contributed by atoms with E-state index in [1.807, 2.05) is 6.20 Å². The Hall–Kier alpha value is -0.650. The quantitative estimate of drug-likeness (QED) is 0.850. The molecule has 18 heavy (non-hydrogen) atoms. The van der Waals surface area contributed by atoms with Crippen molar-refractivity contribution in [2.75, 3.05) is 44.2 Å². The number of hydrogen-bond acceptors (Lipinski definition) is 5. The summed E-state index contributed by atoms with van der Waals surface area (Å²) in [4.78, 5) is 9.31. The normalized spacial score (nSPS) is 19.1. The average Bonchev–Trinajstić information content (AvgIpc) is 2.93. The van der Waals surface area contributed by atoms with E-state index >= 15 is 0 Å². The van der Waals surface area contributed by atoms with Crippen LogP contribution in [0.4, 0.5) is 5.13 Å². The van der Waals surface area contributed by atoms with Crippen molar-refractivity contribution in [2.45, 2.75) is 26.3 Å². The third-order valence-electron chi connectivity index (χ3n) is 3.60. The molecule has 4 nitrogen and oxygen atoms in total. The summed E-state index contributed by atoms with van der Waals surface area (Å²) in [7, 11) is 0. The number of thiazole rings is 1. The van der Waals surface area contributed by atoms with E-state index in [1.165, 1.54) is 11.6 Å². The molecule has 0 saturated carbocycles. The molecule has 1 atom stereocenters. The van der Waals surface area contributed by atoms with Crippen molar-refractivity contribution in [1.82, 2.24) is 15.2 Å². The first-order valence-electron chi connectivity index (χ1n) is 6.89. The van der Waals surface area contributed by atoms with E-state index in [0.29, 0.717) is 6.04 Å². The summed E-state index contributed by atoms with van der Waals surface area (Å²) in [6.45, 7) is 11.3. The van der Waals surface area contributed by atoms with Gasteiger partial charge in [-0.15, -0.1) is 11.3 Å². The molecule has 0 spiro atoms. The lowest BCUT2D eigenvalue weighted by Gasteiger charge is -2.34. The fraction of sp³-hybridized carbons (Fsp3) is 0.769. The van der Waals surface area contributed by atoms with Crippen LogP contribution in [-0.2, 0) is 0 Å². The zero-order valence-corrected chi connectivity index (χ0v) is 12.2. The molecule has 2 rings (SSSR count). The molecule has 1 aliphatic heterocycles. The highest BCUT2D eigenvalue weighted by molar-refractivity contribution is 7.13. The van der Waals surface area contributed by atoms with E-state index in [-0.39, 0.29) is 0 Å². The minimum atomic E-state index is 0.640. The fourth-order valence-electron chi connectivity index (χ4n) is 2.15. The maximum absolute atomic E-state index is 4.37. The smallest absolute Gasteiger partial charge is 0.185 e. The van der Waals surface area contributed by atoms with Crippen LogP contribution in [-0.4, -0.2) is 55.2 Å². The Labute approximate surface area is 114 Å². The van der Waals surface area contributed by atoms with Gasteiger partial charge in [0.2, 0.25) is 0 Å². The summed E-state index contributed by atoms with van der Waals surface area (Å²) >= 11 is 1.74. The summed E-state index contributed by atoms with van der Waals surface area (Å²) in [5.74, 6) is 0. The molecule has 5 heteroatoms. The van der Waals surface area contributed by atoms with Crippen molar-refractivity contribution >= 4 is 16.5 Å². The third kappa shape index (κ3) is 3.93. The Morgan fingerprint density at radius 1 is 1.39 bits per heavy atom. The zero-order chi connectivity index (χ0) is 12.8. The van der Waals surface area contributed by atoms with Crippen molar-refractivity contribution in [2.24, 2.45) is 0 Å². The number of anilines is 1. The lowest BCUT2D eigenvalue weighted by Crippen LogP contribution is -2.48. The lowest BCUT2D eigenvalue weighted by atomic mass is 10.2. The van der Waals surface area contributed by atoms with Gasteiger partial charge in [0.25, 0.3) is 0 Å². The molecule has 1 aromatic rings. The number of aromatic nitrogens is 1. The fourth-order valence-corrected chi connectivity index (χ4v) is 2.85. The van der Waals surface area contributed by atoms with Crippen molar-refractivity contribution in [3.8, 4) is 0 Å². The van der Waals surface area contributed by atoms with E-state index < -0.39 is 0 Å². The number of hydrogen-bond donors (Lipinski definition) is 1. The highest BCUT2D eigenvalue weighted by atomic mass is 32.1. The molecule has 0 bridgehead atoms. The molecular weight excluding hydrogens is 244 g/mol. The van der Waals surface area contributed by atoms with Gasteiger partial charge in [0.15, 0.2) is 5.13 Å². The largest absolute Gasteiger partial charge is 0.346 e. The second-order valence-electron chi connectivity index (χ2n) is 4.91. The standard InChI is InChI=1S/C13H24N4S/c1-3-12(2)14-4-6-16-7-9-17(10-8-16)13-15-5-11-18-13/h5,11-12,14H,3-4,6-10H2,1-2H3. The first kappa shape index (κ1) is 13.8. The van der Waals surface area contributed by atoms with Crippen LogP contribution in [0.5, 0.6) is 0 Å². The van der Waals surface area contributed by atoms with Gasteiger partial charge < -0.3 is 10.2 Å². The highest BCUT2D eigenvalue weighted by Crippen LogP contribution is 2.18. The maximum Gasteiger partial charge on any atom is 0.185 e. The van der Waals surface area contributed by atoms with Crippen molar-refractivity contribution < 1.29 is 0 Å². The summed E-state index contributed by atoms with van der Waals surface area (Å²) in [6.07, 6.45) is 3.10. The van der Waals surface area contributed by atoms with Crippen molar-refractivity contribution in [3.05, 3.63) is 11.6 Å². The first-order valence-corrected chi connectivity index (χ1v) is 7.77. The number of rotatable bonds is 6.